The van der Waals surface area contributed by atoms with Crippen molar-refractivity contribution in [2.24, 2.45) is 5.92 Å². The molecule has 0 fully saturated rings. The first-order valence-electron chi connectivity index (χ1n) is 9.62. The number of hydrogen-bond acceptors (Lipinski definition) is 7. The van der Waals surface area contributed by atoms with Crippen molar-refractivity contribution in [1.29, 1.82) is 0 Å². The molecule has 0 amide bonds. The van der Waals surface area contributed by atoms with Gasteiger partial charge in [-0.15, -0.1) is 0 Å². The second-order valence-electron chi connectivity index (χ2n) is 6.53. The van der Waals surface area contributed by atoms with Gasteiger partial charge in [0, 0.05) is 25.0 Å². The smallest absolute Gasteiger partial charge is 0.373 e. The Labute approximate surface area is 170 Å². The van der Waals surface area contributed by atoms with Crippen LogP contribution in [0.4, 0.5) is 0 Å². The lowest BCUT2D eigenvalue weighted by Gasteiger charge is -2.36. The Bertz CT molecular complexity index is 723. The molecule has 1 N–H and O–H groups in total. The Morgan fingerprint density at radius 1 is 1.24 bits per heavy atom. The molecule has 1 aromatic carbocycles. The maximum Gasteiger partial charge on any atom is 0.373 e. The third-order valence-corrected chi connectivity index (χ3v) is 4.66. The van der Waals surface area contributed by atoms with Gasteiger partial charge in [-0.3, -0.25) is 0 Å². The van der Waals surface area contributed by atoms with E-state index in [9.17, 15) is 14.7 Å². The van der Waals surface area contributed by atoms with Gasteiger partial charge in [-0.25, -0.2) is 9.59 Å². The van der Waals surface area contributed by atoms with E-state index in [-0.39, 0.29) is 30.8 Å². The number of carbonyl (C=O) groups excluding carboxylic acids is 2. The number of aliphatic hydroxyl groups excluding tert-OH is 1. The van der Waals surface area contributed by atoms with Crippen molar-refractivity contribution >= 4 is 11.9 Å². The van der Waals surface area contributed by atoms with Gasteiger partial charge in [-0.05, 0) is 43.5 Å². The average molecular weight is 404 g/mol. The van der Waals surface area contributed by atoms with E-state index in [1.807, 2.05) is 19.1 Å². The highest BCUT2D eigenvalue weighted by molar-refractivity contribution is 5.89. The minimum atomic E-state index is -0.659. The SMILES string of the molecule is C=CCOC(=O)C1=C[C@@H](c2ccc(C(=O)OC)cc2)[C@@H](CCCO)[C@@H](OCC)O1. The molecule has 158 valence electrons. The summed E-state index contributed by atoms with van der Waals surface area (Å²) in [4.78, 5) is 24.1. The van der Waals surface area contributed by atoms with Gasteiger partial charge in [0.25, 0.3) is 0 Å². The van der Waals surface area contributed by atoms with Gasteiger partial charge in [0.2, 0.25) is 12.0 Å². The molecule has 1 aliphatic heterocycles. The topological polar surface area (TPSA) is 91.3 Å². The van der Waals surface area contributed by atoms with Crippen LogP contribution >= 0.6 is 0 Å². The van der Waals surface area contributed by atoms with Crippen molar-refractivity contribution in [1.82, 2.24) is 0 Å². The molecule has 1 heterocycles. The van der Waals surface area contributed by atoms with E-state index in [1.54, 1.807) is 18.2 Å². The molecule has 29 heavy (non-hydrogen) atoms. The highest BCUT2D eigenvalue weighted by Crippen LogP contribution is 2.39. The number of hydrogen-bond donors (Lipinski definition) is 1. The van der Waals surface area contributed by atoms with Gasteiger partial charge in [0.1, 0.15) is 6.61 Å². The molecule has 3 atom stereocenters. The third kappa shape index (κ3) is 5.92. The van der Waals surface area contributed by atoms with Crippen molar-refractivity contribution < 1.29 is 33.6 Å². The second kappa shape index (κ2) is 11.4. The molecule has 0 unspecified atom stereocenters. The normalized spacial score (nSPS) is 20.9. The molecule has 7 heteroatoms. The molecular weight excluding hydrogens is 376 g/mol. The predicted molar refractivity (Wildman–Crippen MR) is 106 cm³/mol. The molecule has 0 aliphatic carbocycles. The number of benzene rings is 1. The maximum atomic E-state index is 12.4. The Balaban J connectivity index is 2.39. The maximum absolute atomic E-state index is 12.4. The number of allylic oxidation sites excluding steroid dienone is 1. The van der Waals surface area contributed by atoms with E-state index in [1.165, 1.54) is 13.2 Å². The van der Waals surface area contributed by atoms with Crippen molar-refractivity contribution in [3.8, 4) is 0 Å². The fourth-order valence-corrected chi connectivity index (χ4v) is 3.30. The van der Waals surface area contributed by atoms with Crippen molar-refractivity contribution in [3.05, 3.63) is 59.9 Å². The predicted octanol–water partition coefficient (Wildman–Crippen LogP) is 2.95. The average Bonchev–Trinajstić information content (AvgIpc) is 2.75. The zero-order valence-corrected chi connectivity index (χ0v) is 16.8. The van der Waals surface area contributed by atoms with Crippen LogP contribution in [0.3, 0.4) is 0 Å². The van der Waals surface area contributed by atoms with E-state index in [4.69, 9.17) is 18.9 Å². The van der Waals surface area contributed by atoms with Gasteiger partial charge >= 0.3 is 11.9 Å². The monoisotopic (exact) mass is 404 g/mol. The number of aliphatic hydroxyl groups is 1. The number of esters is 2. The van der Waals surface area contributed by atoms with Crippen LogP contribution < -0.4 is 0 Å². The molecule has 1 aliphatic rings. The fourth-order valence-electron chi connectivity index (χ4n) is 3.30. The van der Waals surface area contributed by atoms with Crippen LogP contribution in [0.2, 0.25) is 0 Å². The van der Waals surface area contributed by atoms with Crippen LogP contribution in [0.15, 0.2) is 48.8 Å². The van der Waals surface area contributed by atoms with Crippen LogP contribution in [0.5, 0.6) is 0 Å². The molecule has 0 aromatic heterocycles. The quantitative estimate of drug-likeness (QED) is 0.473. The first-order valence-corrected chi connectivity index (χ1v) is 9.62. The summed E-state index contributed by atoms with van der Waals surface area (Å²) in [5.41, 5.74) is 1.33. The molecule has 0 saturated heterocycles. The summed E-state index contributed by atoms with van der Waals surface area (Å²) in [5.74, 6) is -1.28. The Kier molecular flexibility index (Phi) is 8.89. The Morgan fingerprint density at radius 3 is 2.55 bits per heavy atom. The first-order chi connectivity index (χ1) is 14.0. The largest absolute Gasteiger partial charge is 0.465 e. The summed E-state index contributed by atoms with van der Waals surface area (Å²) in [6.07, 6.45) is 3.74. The zero-order valence-electron chi connectivity index (χ0n) is 16.8. The van der Waals surface area contributed by atoms with Gasteiger partial charge < -0.3 is 24.1 Å². The van der Waals surface area contributed by atoms with Gasteiger partial charge in [-0.2, -0.15) is 0 Å². The van der Waals surface area contributed by atoms with E-state index in [2.05, 4.69) is 6.58 Å². The van der Waals surface area contributed by atoms with Gasteiger partial charge in [0.05, 0.1) is 12.7 Å². The number of methoxy groups -OCH3 is 1. The molecule has 0 saturated carbocycles. The molecule has 2 rings (SSSR count). The fraction of sp³-hybridized carbons (Fsp3) is 0.455. The Hall–Kier alpha value is -2.64. The zero-order chi connectivity index (χ0) is 21.2. The molecule has 0 bridgehead atoms. The van der Waals surface area contributed by atoms with Crippen LogP contribution in [-0.4, -0.2) is 50.3 Å². The first kappa shape index (κ1) is 22.6. The van der Waals surface area contributed by atoms with Crippen LogP contribution in [0.1, 0.15) is 41.6 Å². The highest BCUT2D eigenvalue weighted by Gasteiger charge is 2.38. The number of carbonyl (C=O) groups is 2. The van der Waals surface area contributed by atoms with Crippen molar-refractivity contribution in [3.63, 3.8) is 0 Å². The highest BCUT2D eigenvalue weighted by atomic mass is 16.7. The van der Waals surface area contributed by atoms with E-state index < -0.39 is 18.2 Å². The lowest BCUT2D eigenvalue weighted by atomic mass is 9.80. The van der Waals surface area contributed by atoms with Crippen LogP contribution in [0.25, 0.3) is 0 Å². The molecule has 0 radical (unpaired) electrons. The van der Waals surface area contributed by atoms with Crippen LogP contribution in [0, 0.1) is 5.92 Å². The lowest BCUT2D eigenvalue weighted by Crippen LogP contribution is -2.36. The van der Waals surface area contributed by atoms with E-state index >= 15 is 0 Å². The van der Waals surface area contributed by atoms with Crippen molar-refractivity contribution in [2.75, 3.05) is 26.9 Å². The number of ether oxygens (including phenoxy) is 4. The molecule has 1 aromatic rings. The van der Waals surface area contributed by atoms with Crippen molar-refractivity contribution in [2.45, 2.75) is 32.0 Å². The van der Waals surface area contributed by atoms with Crippen LogP contribution in [-0.2, 0) is 23.7 Å². The van der Waals surface area contributed by atoms with Gasteiger partial charge in [0.15, 0.2) is 0 Å². The molecular formula is C22H28O7. The minimum absolute atomic E-state index is 0.0429. The lowest BCUT2D eigenvalue weighted by molar-refractivity contribution is -0.175. The summed E-state index contributed by atoms with van der Waals surface area (Å²) in [7, 11) is 1.33. The summed E-state index contributed by atoms with van der Waals surface area (Å²) >= 11 is 0. The summed E-state index contributed by atoms with van der Waals surface area (Å²) in [5, 5.41) is 9.30. The second-order valence-corrected chi connectivity index (χ2v) is 6.53. The molecule has 0 spiro atoms. The molecule has 7 nitrogen and oxygen atoms in total. The van der Waals surface area contributed by atoms with E-state index in [0.29, 0.717) is 25.0 Å². The summed E-state index contributed by atoms with van der Waals surface area (Å²) in [6, 6.07) is 7.00. The third-order valence-electron chi connectivity index (χ3n) is 4.66. The van der Waals surface area contributed by atoms with E-state index in [0.717, 1.165) is 5.56 Å². The summed E-state index contributed by atoms with van der Waals surface area (Å²) in [6.45, 7) is 5.91. The number of rotatable bonds is 10. The Morgan fingerprint density at radius 2 is 1.97 bits per heavy atom. The minimum Gasteiger partial charge on any atom is -0.465 e. The van der Waals surface area contributed by atoms with Gasteiger partial charge in [-0.1, -0.05) is 24.8 Å². The summed E-state index contributed by atoms with van der Waals surface area (Å²) < 4.78 is 21.4. The standard InChI is InChI=1S/C22H28O7/c1-4-13-28-21(25)19-14-18(15-8-10-16(11-9-15)20(24)26-3)17(7-6-12-23)22(29-19)27-5-2/h4,8-11,14,17-18,22-23H,1,5-7,12-13H2,2-3H3/t17-,18+,22+/m1/s1.